The van der Waals surface area contributed by atoms with Crippen molar-refractivity contribution in [1.29, 1.82) is 0 Å². The summed E-state index contributed by atoms with van der Waals surface area (Å²) < 4.78 is 0.747. The minimum Gasteiger partial charge on any atom is -0.507 e. The molecule has 5 heteroatoms. The molecule has 0 aliphatic carbocycles. The van der Waals surface area contributed by atoms with Crippen molar-refractivity contribution in [3.05, 3.63) is 27.3 Å². The second kappa shape index (κ2) is 6.09. The molecular formula is C14H19IN2O2. The number of nitrogens with zero attached hydrogens (tertiary/aromatic N) is 1. The average molecular weight is 374 g/mol. The Morgan fingerprint density at radius 3 is 2.95 bits per heavy atom. The fourth-order valence-electron chi connectivity index (χ4n) is 2.55. The van der Waals surface area contributed by atoms with Crippen LogP contribution in [0.25, 0.3) is 0 Å². The Kier molecular flexibility index (Phi) is 4.67. The van der Waals surface area contributed by atoms with Crippen LogP contribution < -0.4 is 5.73 Å². The maximum atomic E-state index is 12.5. The molecule has 1 fully saturated rings. The minimum atomic E-state index is -0.0333. The Morgan fingerprint density at radius 1 is 1.58 bits per heavy atom. The van der Waals surface area contributed by atoms with E-state index in [9.17, 15) is 9.90 Å². The molecule has 0 bridgehead atoms. The highest BCUT2D eigenvalue weighted by atomic mass is 127. The topological polar surface area (TPSA) is 66.6 Å². The number of amides is 1. The van der Waals surface area contributed by atoms with E-state index >= 15 is 0 Å². The van der Waals surface area contributed by atoms with Crippen LogP contribution in [0.4, 0.5) is 0 Å². The van der Waals surface area contributed by atoms with Gasteiger partial charge in [0.05, 0.1) is 3.57 Å². The lowest BCUT2D eigenvalue weighted by Gasteiger charge is -2.38. The van der Waals surface area contributed by atoms with E-state index in [1.165, 1.54) is 6.07 Å². The summed E-state index contributed by atoms with van der Waals surface area (Å²) in [6.45, 7) is 3.43. The van der Waals surface area contributed by atoms with Gasteiger partial charge in [0.15, 0.2) is 0 Å². The van der Waals surface area contributed by atoms with Gasteiger partial charge in [0.1, 0.15) is 5.75 Å². The Morgan fingerprint density at radius 2 is 2.32 bits per heavy atom. The molecule has 1 amide bonds. The number of carbonyl (C=O) groups is 1. The lowest BCUT2D eigenvalue weighted by Crippen LogP contribution is -2.49. The van der Waals surface area contributed by atoms with Crippen molar-refractivity contribution in [2.45, 2.75) is 25.8 Å². The number of phenols is 1. The smallest absolute Gasteiger partial charge is 0.254 e. The van der Waals surface area contributed by atoms with Gasteiger partial charge in [0, 0.05) is 24.7 Å². The molecule has 19 heavy (non-hydrogen) atoms. The Bertz CT molecular complexity index is 479. The molecule has 1 aliphatic rings. The van der Waals surface area contributed by atoms with Crippen LogP contribution in [0, 0.1) is 9.49 Å². The van der Waals surface area contributed by atoms with E-state index in [0.29, 0.717) is 18.0 Å². The first-order valence-electron chi connectivity index (χ1n) is 6.52. The van der Waals surface area contributed by atoms with Crippen LogP contribution in [-0.4, -0.2) is 35.0 Å². The van der Waals surface area contributed by atoms with Crippen molar-refractivity contribution in [3.63, 3.8) is 0 Å². The number of hydrogen-bond acceptors (Lipinski definition) is 3. The zero-order chi connectivity index (χ0) is 14.0. The van der Waals surface area contributed by atoms with E-state index in [-0.39, 0.29) is 17.7 Å². The summed E-state index contributed by atoms with van der Waals surface area (Å²) in [5.74, 6) is 0.734. The lowest BCUT2D eigenvalue weighted by atomic mass is 9.92. The summed E-state index contributed by atoms with van der Waals surface area (Å²) in [7, 11) is 0. The largest absolute Gasteiger partial charge is 0.507 e. The Labute approximate surface area is 127 Å². The van der Waals surface area contributed by atoms with E-state index in [0.717, 1.165) is 23.0 Å². The molecular weight excluding hydrogens is 355 g/mol. The number of phenolic OH excluding ortho intramolecular Hbond substituents is 1. The zero-order valence-corrected chi connectivity index (χ0v) is 13.1. The van der Waals surface area contributed by atoms with Crippen LogP contribution in [0.15, 0.2) is 18.2 Å². The molecule has 0 spiro atoms. The average Bonchev–Trinajstić information content (AvgIpc) is 2.41. The summed E-state index contributed by atoms with van der Waals surface area (Å²) in [5, 5.41) is 9.71. The van der Waals surface area contributed by atoms with Crippen molar-refractivity contribution in [3.8, 4) is 5.75 Å². The van der Waals surface area contributed by atoms with Gasteiger partial charge in [-0.2, -0.15) is 0 Å². The normalized spacial score (nSPS) is 23.4. The van der Waals surface area contributed by atoms with Crippen LogP contribution in [0.1, 0.15) is 30.1 Å². The fraction of sp³-hybridized carbons (Fsp3) is 0.500. The molecule has 3 N–H and O–H groups in total. The molecule has 2 atom stereocenters. The summed E-state index contributed by atoms with van der Waals surface area (Å²) >= 11 is 2.04. The number of piperidine rings is 1. The van der Waals surface area contributed by atoms with Crippen LogP contribution in [0.3, 0.4) is 0 Å². The van der Waals surface area contributed by atoms with Crippen molar-refractivity contribution in [2.24, 2.45) is 11.7 Å². The lowest BCUT2D eigenvalue weighted by molar-refractivity contribution is 0.0573. The maximum Gasteiger partial charge on any atom is 0.254 e. The predicted molar refractivity (Wildman–Crippen MR) is 83.1 cm³/mol. The molecule has 2 rings (SSSR count). The van der Waals surface area contributed by atoms with Gasteiger partial charge in [-0.25, -0.2) is 0 Å². The molecule has 1 aliphatic heterocycles. The summed E-state index contributed by atoms with van der Waals surface area (Å²) in [6.07, 6.45) is 1.97. The molecule has 0 radical (unpaired) electrons. The number of rotatable bonds is 2. The molecule has 1 heterocycles. The molecule has 1 saturated heterocycles. The highest BCUT2D eigenvalue weighted by Gasteiger charge is 2.29. The van der Waals surface area contributed by atoms with Gasteiger partial charge in [-0.15, -0.1) is 0 Å². The highest BCUT2D eigenvalue weighted by molar-refractivity contribution is 14.1. The first kappa shape index (κ1) is 14.6. The molecule has 4 nitrogen and oxygen atoms in total. The number of hydrogen-bond donors (Lipinski definition) is 2. The van der Waals surface area contributed by atoms with Gasteiger partial charge in [-0.1, -0.05) is 6.92 Å². The fourth-order valence-corrected chi connectivity index (χ4v) is 2.89. The SMILES string of the molecule is CC1CCN(C(=O)c2ccc(I)c(O)c2)C(CN)C1. The monoisotopic (exact) mass is 374 g/mol. The second-order valence-corrected chi connectivity index (χ2v) is 6.35. The maximum absolute atomic E-state index is 12.5. The van der Waals surface area contributed by atoms with Crippen molar-refractivity contribution in [1.82, 2.24) is 4.90 Å². The molecule has 1 aromatic carbocycles. The van der Waals surface area contributed by atoms with Gasteiger partial charge in [-0.3, -0.25) is 4.79 Å². The van der Waals surface area contributed by atoms with E-state index in [4.69, 9.17) is 5.73 Å². The summed E-state index contributed by atoms with van der Waals surface area (Å²) in [5.41, 5.74) is 6.31. The molecule has 0 saturated carbocycles. The van der Waals surface area contributed by atoms with E-state index in [1.807, 2.05) is 27.5 Å². The number of halogens is 1. The Balaban J connectivity index is 2.20. The number of benzene rings is 1. The molecule has 1 aromatic rings. The number of carbonyl (C=O) groups excluding carboxylic acids is 1. The van der Waals surface area contributed by atoms with Gasteiger partial charge in [0.25, 0.3) is 5.91 Å². The van der Waals surface area contributed by atoms with Gasteiger partial charge in [-0.05, 0) is 59.5 Å². The third-order valence-electron chi connectivity index (χ3n) is 3.70. The molecule has 104 valence electrons. The molecule has 2 unspecified atom stereocenters. The number of likely N-dealkylation sites (tertiary alicyclic amines) is 1. The Hall–Kier alpha value is -0.820. The quantitative estimate of drug-likeness (QED) is 0.780. The van der Waals surface area contributed by atoms with Crippen LogP contribution in [-0.2, 0) is 0 Å². The van der Waals surface area contributed by atoms with Gasteiger partial charge >= 0.3 is 0 Å². The van der Waals surface area contributed by atoms with Crippen molar-refractivity contribution < 1.29 is 9.90 Å². The van der Waals surface area contributed by atoms with Crippen molar-refractivity contribution >= 4 is 28.5 Å². The van der Waals surface area contributed by atoms with Crippen LogP contribution in [0.2, 0.25) is 0 Å². The first-order chi connectivity index (χ1) is 9.02. The van der Waals surface area contributed by atoms with Crippen LogP contribution in [0.5, 0.6) is 5.75 Å². The number of nitrogens with two attached hydrogens (primary N) is 1. The third kappa shape index (κ3) is 3.20. The predicted octanol–water partition coefficient (Wildman–Crippen LogP) is 2.20. The number of aromatic hydroxyl groups is 1. The van der Waals surface area contributed by atoms with Gasteiger partial charge in [0.2, 0.25) is 0 Å². The van der Waals surface area contributed by atoms with E-state index in [2.05, 4.69) is 6.92 Å². The standard InChI is InChI=1S/C14H19IN2O2/c1-9-4-5-17(11(6-9)8-16)14(19)10-2-3-12(15)13(18)7-10/h2-3,7,9,11,18H,4-6,8,16H2,1H3. The zero-order valence-electron chi connectivity index (χ0n) is 11.0. The molecule has 0 aromatic heterocycles. The minimum absolute atomic E-state index is 0.0333. The van der Waals surface area contributed by atoms with E-state index < -0.39 is 0 Å². The summed E-state index contributed by atoms with van der Waals surface area (Å²) in [6, 6.07) is 5.16. The first-order valence-corrected chi connectivity index (χ1v) is 7.60. The van der Waals surface area contributed by atoms with Crippen LogP contribution >= 0.6 is 22.6 Å². The third-order valence-corrected chi connectivity index (χ3v) is 4.62. The van der Waals surface area contributed by atoms with Gasteiger partial charge < -0.3 is 15.7 Å². The van der Waals surface area contributed by atoms with Crippen molar-refractivity contribution in [2.75, 3.05) is 13.1 Å². The highest BCUT2D eigenvalue weighted by Crippen LogP contribution is 2.26. The second-order valence-electron chi connectivity index (χ2n) is 5.18. The summed E-state index contributed by atoms with van der Waals surface area (Å²) in [4.78, 5) is 14.3. The van der Waals surface area contributed by atoms with E-state index in [1.54, 1.807) is 12.1 Å².